The van der Waals surface area contributed by atoms with Gasteiger partial charge in [0.05, 0.1) is 19.3 Å². The number of piperazine rings is 1. The molecule has 0 N–H and O–H groups in total. The van der Waals surface area contributed by atoms with Crippen molar-refractivity contribution in [2.24, 2.45) is 0 Å². The van der Waals surface area contributed by atoms with E-state index in [-0.39, 0.29) is 6.67 Å². The highest BCUT2D eigenvalue weighted by molar-refractivity contribution is 5.32. The Morgan fingerprint density at radius 2 is 1.32 bits per heavy atom. The lowest BCUT2D eigenvalue weighted by molar-refractivity contribution is 0.105. The van der Waals surface area contributed by atoms with E-state index in [0.29, 0.717) is 19.1 Å². The van der Waals surface area contributed by atoms with Gasteiger partial charge in [-0.1, -0.05) is 72.8 Å². The Balaban J connectivity index is 1.36. The zero-order valence-corrected chi connectivity index (χ0v) is 18.0. The number of ether oxygens (including phenoxy) is 1. The van der Waals surface area contributed by atoms with Gasteiger partial charge in [0.25, 0.3) is 0 Å². The van der Waals surface area contributed by atoms with Gasteiger partial charge in [-0.15, -0.1) is 0 Å². The van der Waals surface area contributed by atoms with Gasteiger partial charge < -0.3 is 4.74 Å². The summed E-state index contributed by atoms with van der Waals surface area (Å²) in [6.45, 7) is 5.22. The highest BCUT2D eigenvalue weighted by Gasteiger charge is 2.26. The highest BCUT2D eigenvalue weighted by Crippen LogP contribution is 2.29. The summed E-state index contributed by atoms with van der Waals surface area (Å²) in [5, 5.41) is 0. The largest absolute Gasteiger partial charge is 0.494 e. The summed E-state index contributed by atoms with van der Waals surface area (Å²) in [5.41, 5.74) is 3.99. The Morgan fingerprint density at radius 3 is 1.87 bits per heavy atom. The molecule has 1 aliphatic heterocycles. The van der Waals surface area contributed by atoms with E-state index in [0.717, 1.165) is 38.5 Å². The van der Waals surface area contributed by atoms with E-state index >= 15 is 0 Å². The van der Waals surface area contributed by atoms with Crippen LogP contribution in [0.25, 0.3) is 0 Å². The maximum absolute atomic E-state index is 12.2. The molecule has 0 atom stereocenters. The van der Waals surface area contributed by atoms with Crippen molar-refractivity contribution in [3.63, 3.8) is 0 Å². The van der Waals surface area contributed by atoms with Crippen LogP contribution in [0, 0.1) is 0 Å². The maximum Gasteiger partial charge on any atom is 0.119 e. The molecule has 4 heteroatoms. The van der Waals surface area contributed by atoms with E-state index in [1.807, 2.05) is 12.1 Å². The summed E-state index contributed by atoms with van der Waals surface area (Å²) in [5.74, 6) is 0.815. The number of halogens is 1. The predicted octanol–water partition coefficient (Wildman–Crippen LogP) is 5.33. The van der Waals surface area contributed by atoms with E-state index in [1.165, 1.54) is 16.7 Å². The van der Waals surface area contributed by atoms with Crippen molar-refractivity contribution in [2.75, 3.05) is 39.5 Å². The zero-order chi connectivity index (χ0) is 21.3. The molecule has 3 aromatic carbocycles. The molecule has 0 bridgehead atoms. The van der Waals surface area contributed by atoms with Crippen LogP contribution in [-0.4, -0.2) is 49.3 Å². The second kappa shape index (κ2) is 11.1. The summed E-state index contributed by atoms with van der Waals surface area (Å²) in [6.07, 6.45) is 0.443. The van der Waals surface area contributed by atoms with Crippen LogP contribution in [0.15, 0.2) is 84.9 Å². The van der Waals surface area contributed by atoms with Gasteiger partial charge in [-0.05, 0) is 28.8 Å². The van der Waals surface area contributed by atoms with E-state index in [2.05, 4.69) is 82.6 Å². The van der Waals surface area contributed by atoms with Crippen molar-refractivity contribution >= 4 is 0 Å². The molecular formula is C27H31FN2O. The molecule has 1 saturated heterocycles. The zero-order valence-electron chi connectivity index (χ0n) is 18.0. The summed E-state index contributed by atoms with van der Waals surface area (Å²) < 4.78 is 17.8. The van der Waals surface area contributed by atoms with Crippen molar-refractivity contribution in [3.8, 4) is 5.75 Å². The van der Waals surface area contributed by atoms with Crippen LogP contribution in [0.2, 0.25) is 0 Å². The molecule has 3 nitrogen and oxygen atoms in total. The van der Waals surface area contributed by atoms with Gasteiger partial charge in [-0.3, -0.25) is 14.2 Å². The van der Waals surface area contributed by atoms with Crippen LogP contribution in [-0.2, 0) is 6.54 Å². The molecule has 4 rings (SSSR count). The summed E-state index contributed by atoms with van der Waals surface area (Å²) >= 11 is 0. The van der Waals surface area contributed by atoms with Gasteiger partial charge in [0, 0.05) is 39.1 Å². The number of hydrogen-bond donors (Lipinski definition) is 0. The molecule has 0 aliphatic carbocycles. The first-order chi connectivity index (χ1) is 15.3. The lowest BCUT2D eigenvalue weighted by atomic mass is 9.96. The fourth-order valence-electron chi connectivity index (χ4n) is 4.26. The minimum Gasteiger partial charge on any atom is -0.494 e. The monoisotopic (exact) mass is 418 g/mol. The molecule has 162 valence electrons. The fourth-order valence-corrected chi connectivity index (χ4v) is 4.26. The van der Waals surface area contributed by atoms with Crippen molar-refractivity contribution in [3.05, 3.63) is 102 Å². The SMILES string of the molecule is FCCCOc1ccc(CN2CCN(C(c3ccccc3)c3ccccc3)CC2)cc1. The molecule has 3 aromatic rings. The standard InChI is InChI=1S/C27H31FN2O/c28-16-7-21-31-26-14-12-23(13-15-26)22-29-17-19-30(20-18-29)27(24-8-3-1-4-9-24)25-10-5-2-6-11-25/h1-6,8-15,27H,7,16-22H2. The first-order valence-corrected chi connectivity index (χ1v) is 11.2. The Labute approximate surface area is 185 Å². The maximum atomic E-state index is 12.2. The molecule has 0 spiro atoms. The summed E-state index contributed by atoms with van der Waals surface area (Å²) in [4.78, 5) is 5.12. The van der Waals surface area contributed by atoms with Crippen LogP contribution in [0.3, 0.4) is 0 Å². The van der Waals surface area contributed by atoms with Crippen molar-refractivity contribution in [1.29, 1.82) is 0 Å². The Hall–Kier alpha value is -2.69. The van der Waals surface area contributed by atoms with E-state index in [4.69, 9.17) is 4.74 Å². The Morgan fingerprint density at radius 1 is 0.742 bits per heavy atom. The number of hydrogen-bond acceptors (Lipinski definition) is 3. The van der Waals surface area contributed by atoms with Crippen molar-refractivity contribution in [1.82, 2.24) is 9.80 Å². The Bertz CT molecular complexity index is 854. The second-order valence-electron chi connectivity index (χ2n) is 8.07. The average Bonchev–Trinajstić information content (AvgIpc) is 2.83. The molecule has 0 radical (unpaired) electrons. The number of benzene rings is 3. The molecule has 1 fully saturated rings. The molecule has 0 amide bonds. The van der Waals surface area contributed by atoms with Gasteiger partial charge >= 0.3 is 0 Å². The minimum atomic E-state index is -0.334. The average molecular weight is 419 g/mol. The van der Waals surface area contributed by atoms with Gasteiger partial charge in [0.2, 0.25) is 0 Å². The van der Waals surface area contributed by atoms with Gasteiger partial charge in [-0.2, -0.15) is 0 Å². The third kappa shape index (κ3) is 5.93. The van der Waals surface area contributed by atoms with Crippen LogP contribution in [0.4, 0.5) is 4.39 Å². The number of alkyl halides is 1. The quantitative estimate of drug-likeness (QED) is 0.437. The highest BCUT2D eigenvalue weighted by atomic mass is 19.1. The molecule has 0 unspecified atom stereocenters. The first kappa shape index (κ1) is 21.5. The molecule has 0 saturated carbocycles. The smallest absolute Gasteiger partial charge is 0.119 e. The molecule has 1 aliphatic rings. The lowest BCUT2D eigenvalue weighted by Gasteiger charge is -2.39. The molecular weight excluding hydrogens is 387 g/mol. The Kier molecular flexibility index (Phi) is 7.70. The van der Waals surface area contributed by atoms with Crippen molar-refractivity contribution < 1.29 is 9.13 Å². The normalized spacial score (nSPS) is 15.3. The van der Waals surface area contributed by atoms with Gasteiger partial charge in [0.15, 0.2) is 0 Å². The predicted molar refractivity (Wildman–Crippen MR) is 124 cm³/mol. The first-order valence-electron chi connectivity index (χ1n) is 11.2. The van der Waals surface area contributed by atoms with E-state index < -0.39 is 0 Å². The van der Waals surface area contributed by atoms with Crippen molar-refractivity contribution in [2.45, 2.75) is 19.0 Å². The number of nitrogens with zero attached hydrogens (tertiary/aromatic N) is 2. The van der Waals surface area contributed by atoms with Gasteiger partial charge in [0.1, 0.15) is 5.75 Å². The third-order valence-electron chi connectivity index (χ3n) is 5.88. The van der Waals surface area contributed by atoms with E-state index in [1.54, 1.807) is 0 Å². The number of rotatable bonds is 9. The van der Waals surface area contributed by atoms with E-state index in [9.17, 15) is 4.39 Å². The molecule has 0 aromatic heterocycles. The topological polar surface area (TPSA) is 15.7 Å². The lowest BCUT2D eigenvalue weighted by Crippen LogP contribution is -2.47. The second-order valence-corrected chi connectivity index (χ2v) is 8.07. The fraction of sp³-hybridized carbons (Fsp3) is 0.333. The summed E-state index contributed by atoms with van der Waals surface area (Å²) in [6, 6.07) is 30.2. The van der Waals surface area contributed by atoms with Gasteiger partial charge in [-0.25, -0.2) is 0 Å². The molecule has 1 heterocycles. The summed E-state index contributed by atoms with van der Waals surface area (Å²) in [7, 11) is 0. The minimum absolute atomic E-state index is 0.297. The molecule has 31 heavy (non-hydrogen) atoms. The third-order valence-corrected chi connectivity index (χ3v) is 5.88. The van der Waals surface area contributed by atoms with Crippen LogP contribution < -0.4 is 4.74 Å². The van der Waals surface area contributed by atoms with Crippen LogP contribution >= 0.6 is 0 Å². The van der Waals surface area contributed by atoms with Crippen LogP contribution in [0.5, 0.6) is 5.75 Å². The van der Waals surface area contributed by atoms with Crippen LogP contribution in [0.1, 0.15) is 29.2 Å².